The van der Waals surface area contributed by atoms with Crippen LogP contribution >= 0.6 is 23.2 Å². The second kappa shape index (κ2) is 4.03. The molecule has 1 aromatic carbocycles. The van der Waals surface area contributed by atoms with Gasteiger partial charge in [-0.05, 0) is 12.1 Å². The highest BCUT2D eigenvalue weighted by Crippen LogP contribution is 2.32. The molecule has 2 rings (SSSR count). The quantitative estimate of drug-likeness (QED) is 0.698. The van der Waals surface area contributed by atoms with E-state index in [-0.39, 0.29) is 5.02 Å². The minimum atomic E-state index is -0.575. The summed E-state index contributed by atoms with van der Waals surface area (Å²) in [5, 5.41) is 0.347. The largest absolute Gasteiger partial charge is 0.346 e. The van der Waals surface area contributed by atoms with Gasteiger partial charge in [-0.15, -0.1) is 0 Å². The molecule has 0 unspecified atom stereocenters. The van der Waals surface area contributed by atoms with Crippen LogP contribution in [0.1, 0.15) is 11.9 Å². The molecular formula is C9H7Cl2FO2. The van der Waals surface area contributed by atoms with Crippen LogP contribution in [0.5, 0.6) is 0 Å². The Hall–Kier alpha value is -0.350. The van der Waals surface area contributed by atoms with Gasteiger partial charge in [0.25, 0.3) is 0 Å². The van der Waals surface area contributed by atoms with Gasteiger partial charge in [-0.1, -0.05) is 23.2 Å². The Labute approximate surface area is 90.5 Å². The fourth-order valence-electron chi connectivity index (χ4n) is 1.26. The third kappa shape index (κ3) is 1.86. The van der Waals surface area contributed by atoms with Crippen molar-refractivity contribution in [3.8, 4) is 0 Å². The summed E-state index contributed by atoms with van der Waals surface area (Å²) in [6, 6.07) is 2.58. The van der Waals surface area contributed by atoms with Gasteiger partial charge in [0.05, 0.1) is 23.3 Å². The van der Waals surface area contributed by atoms with Gasteiger partial charge in [-0.2, -0.15) is 0 Å². The van der Waals surface area contributed by atoms with Crippen molar-refractivity contribution in [3.05, 3.63) is 33.6 Å². The molecule has 1 fully saturated rings. The van der Waals surface area contributed by atoms with Crippen LogP contribution in [0.4, 0.5) is 4.39 Å². The van der Waals surface area contributed by atoms with Crippen molar-refractivity contribution in [3.63, 3.8) is 0 Å². The molecule has 1 aliphatic rings. The molecule has 0 bridgehead atoms. The normalized spacial score (nSPS) is 17.6. The summed E-state index contributed by atoms with van der Waals surface area (Å²) in [7, 11) is 0. The van der Waals surface area contributed by atoms with E-state index in [0.717, 1.165) is 0 Å². The molecule has 0 atom stereocenters. The lowest BCUT2D eigenvalue weighted by atomic mass is 10.2. The minimum Gasteiger partial charge on any atom is -0.346 e. The molecule has 14 heavy (non-hydrogen) atoms. The van der Waals surface area contributed by atoms with Crippen molar-refractivity contribution in [2.75, 3.05) is 13.2 Å². The average molecular weight is 237 g/mol. The summed E-state index contributed by atoms with van der Waals surface area (Å²) in [6.45, 7) is 0.983. The Kier molecular flexibility index (Phi) is 2.93. The van der Waals surface area contributed by atoms with Gasteiger partial charge < -0.3 is 9.47 Å². The predicted molar refractivity (Wildman–Crippen MR) is 51.1 cm³/mol. The number of hydrogen-bond acceptors (Lipinski definition) is 2. The second-order valence-electron chi connectivity index (χ2n) is 2.86. The molecule has 1 heterocycles. The summed E-state index contributed by atoms with van der Waals surface area (Å²) in [5.41, 5.74) is 0.478. The second-order valence-corrected chi connectivity index (χ2v) is 3.68. The number of benzene rings is 1. The molecule has 5 heteroatoms. The number of halogens is 3. The van der Waals surface area contributed by atoms with E-state index in [1.54, 1.807) is 0 Å². The lowest BCUT2D eigenvalue weighted by Crippen LogP contribution is -2.00. The van der Waals surface area contributed by atoms with Gasteiger partial charge in [0.1, 0.15) is 5.82 Å². The first kappa shape index (κ1) is 10.2. The average Bonchev–Trinajstić information content (AvgIpc) is 2.64. The van der Waals surface area contributed by atoms with Crippen molar-refractivity contribution >= 4 is 23.2 Å². The van der Waals surface area contributed by atoms with E-state index in [2.05, 4.69) is 0 Å². The Bertz CT molecular complexity index is 351. The molecule has 0 radical (unpaired) electrons. The molecule has 1 saturated heterocycles. The fraction of sp³-hybridized carbons (Fsp3) is 0.333. The Morgan fingerprint density at radius 1 is 1.14 bits per heavy atom. The van der Waals surface area contributed by atoms with E-state index >= 15 is 0 Å². The molecule has 0 N–H and O–H groups in total. The fourth-order valence-corrected chi connectivity index (χ4v) is 1.73. The smallest absolute Gasteiger partial charge is 0.185 e. The standard InChI is InChI=1S/C9H7Cl2FO2/c10-6-4-7(11)8(12)3-5(6)9-13-1-2-14-9/h3-4,9H,1-2H2. The summed E-state index contributed by atoms with van der Waals surface area (Å²) < 4.78 is 23.5. The summed E-state index contributed by atoms with van der Waals surface area (Å²) in [6.07, 6.45) is -0.575. The highest BCUT2D eigenvalue weighted by molar-refractivity contribution is 6.35. The number of ether oxygens (including phenoxy) is 2. The van der Waals surface area contributed by atoms with Gasteiger partial charge in [-0.3, -0.25) is 0 Å². The van der Waals surface area contributed by atoms with Crippen molar-refractivity contribution in [2.24, 2.45) is 0 Å². The van der Waals surface area contributed by atoms with E-state index < -0.39 is 12.1 Å². The van der Waals surface area contributed by atoms with Gasteiger partial charge in [0.15, 0.2) is 6.29 Å². The van der Waals surface area contributed by atoms with Crippen LogP contribution in [0.25, 0.3) is 0 Å². The summed E-state index contributed by atoms with van der Waals surface area (Å²) >= 11 is 11.4. The lowest BCUT2D eigenvalue weighted by molar-refractivity contribution is -0.0442. The zero-order valence-corrected chi connectivity index (χ0v) is 8.61. The highest BCUT2D eigenvalue weighted by atomic mass is 35.5. The first-order valence-corrected chi connectivity index (χ1v) is 4.82. The molecule has 1 aromatic rings. The molecular weight excluding hydrogens is 230 g/mol. The van der Waals surface area contributed by atoms with Crippen LogP contribution in [0.2, 0.25) is 10.0 Å². The number of hydrogen-bond donors (Lipinski definition) is 0. The topological polar surface area (TPSA) is 18.5 Å². The van der Waals surface area contributed by atoms with Crippen LogP contribution in [0.3, 0.4) is 0 Å². The molecule has 2 nitrogen and oxygen atoms in total. The number of rotatable bonds is 1. The molecule has 0 spiro atoms. The van der Waals surface area contributed by atoms with E-state index in [0.29, 0.717) is 23.8 Å². The first-order valence-electron chi connectivity index (χ1n) is 4.06. The highest BCUT2D eigenvalue weighted by Gasteiger charge is 2.22. The van der Waals surface area contributed by atoms with Crippen molar-refractivity contribution in [2.45, 2.75) is 6.29 Å². The third-order valence-electron chi connectivity index (χ3n) is 1.92. The molecule has 76 valence electrons. The summed E-state index contributed by atoms with van der Waals surface area (Å²) in [4.78, 5) is 0. The Morgan fingerprint density at radius 3 is 2.43 bits per heavy atom. The maximum Gasteiger partial charge on any atom is 0.185 e. The zero-order valence-electron chi connectivity index (χ0n) is 7.10. The SMILES string of the molecule is Fc1cc(C2OCCO2)c(Cl)cc1Cl. The van der Waals surface area contributed by atoms with E-state index in [1.807, 2.05) is 0 Å². The molecule has 0 amide bonds. The maximum atomic E-state index is 13.1. The van der Waals surface area contributed by atoms with Crippen LogP contribution in [0, 0.1) is 5.82 Å². The lowest BCUT2D eigenvalue weighted by Gasteiger charge is -2.11. The van der Waals surface area contributed by atoms with Gasteiger partial charge in [-0.25, -0.2) is 4.39 Å². The van der Waals surface area contributed by atoms with Crippen molar-refractivity contribution < 1.29 is 13.9 Å². The first-order chi connectivity index (χ1) is 6.68. The summed E-state index contributed by atoms with van der Waals surface area (Å²) in [5.74, 6) is -0.523. The monoisotopic (exact) mass is 236 g/mol. The van der Waals surface area contributed by atoms with E-state index in [9.17, 15) is 4.39 Å². The molecule has 0 aliphatic carbocycles. The Balaban J connectivity index is 2.37. The predicted octanol–water partition coefficient (Wildman–Crippen LogP) is 3.18. The maximum absolute atomic E-state index is 13.1. The van der Waals surface area contributed by atoms with Crippen molar-refractivity contribution in [1.29, 1.82) is 0 Å². The van der Waals surface area contributed by atoms with Crippen molar-refractivity contribution in [1.82, 2.24) is 0 Å². The van der Waals surface area contributed by atoms with Crippen LogP contribution < -0.4 is 0 Å². The van der Waals surface area contributed by atoms with E-state index in [1.165, 1.54) is 12.1 Å². The Morgan fingerprint density at radius 2 is 1.79 bits per heavy atom. The van der Waals surface area contributed by atoms with Gasteiger partial charge in [0.2, 0.25) is 0 Å². The zero-order chi connectivity index (χ0) is 10.1. The van der Waals surface area contributed by atoms with Crippen LogP contribution in [-0.4, -0.2) is 13.2 Å². The molecule has 1 aliphatic heterocycles. The molecule has 0 saturated carbocycles. The van der Waals surface area contributed by atoms with Crippen LogP contribution in [-0.2, 0) is 9.47 Å². The third-order valence-corrected chi connectivity index (χ3v) is 2.53. The van der Waals surface area contributed by atoms with E-state index in [4.69, 9.17) is 32.7 Å². The van der Waals surface area contributed by atoms with Gasteiger partial charge in [0, 0.05) is 5.56 Å². The molecule has 0 aromatic heterocycles. The minimum absolute atomic E-state index is 0.00301. The van der Waals surface area contributed by atoms with Gasteiger partial charge >= 0.3 is 0 Å². The van der Waals surface area contributed by atoms with Crippen LogP contribution in [0.15, 0.2) is 12.1 Å².